The SMILES string of the molecule is CC#C[C@]1(O)CC[C@H]2[C@@H]3CC[C@@]4(O)CCCCC4=C3[C@@H](c3ccccc3C3CCNC3)C[C@@]21C. The number of benzene rings is 1. The first kappa shape index (κ1) is 22.8. The molecule has 3 saturated carbocycles. The lowest BCUT2D eigenvalue weighted by Crippen LogP contribution is -2.53. The maximum absolute atomic E-state index is 11.9. The highest BCUT2D eigenvalue weighted by Crippen LogP contribution is 2.67. The Bertz CT molecular complexity index is 1060. The van der Waals surface area contributed by atoms with E-state index >= 15 is 0 Å². The number of nitrogens with one attached hydrogen (secondary N) is 1. The van der Waals surface area contributed by atoms with Crippen LogP contribution in [0.2, 0.25) is 0 Å². The minimum atomic E-state index is -0.912. The molecule has 3 heteroatoms. The standard InChI is InChI=1S/C31H41NO2/c1-3-14-31(34)17-12-26-24-11-16-30(33)15-7-6-10-27(30)28(24)25(19-29(26,31)2)23-9-5-4-8-22(23)21-13-18-32-20-21/h4-5,8-9,21,24-26,32-34H,6-7,10-13,15-20H2,1-2H3/t21?,24-,25+,26-,29-,30-,31-/m0/s1. The Labute approximate surface area is 205 Å². The predicted octanol–water partition coefficient (Wildman–Crippen LogP) is 5.43. The van der Waals surface area contributed by atoms with Gasteiger partial charge in [0.25, 0.3) is 0 Å². The van der Waals surface area contributed by atoms with Crippen molar-refractivity contribution in [1.82, 2.24) is 5.32 Å². The number of hydrogen-bond acceptors (Lipinski definition) is 3. The minimum Gasteiger partial charge on any atom is -0.386 e. The molecule has 1 unspecified atom stereocenters. The summed E-state index contributed by atoms with van der Waals surface area (Å²) in [5.74, 6) is 8.10. The van der Waals surface area contributed by atoms with Crippen LogP contribution in [-0.2, 0) is 0 Å². The minimum absolute atomic E-state index is 0.222. The van der Waals surface area contributed by atoms with Crippen molar-refractivity contribution in [2.45, 2.75) is 101 Å². The van der Waals surface area contributed by atoms with Crippen molar-refractivity contribution < 1.29 is 10.2 Å². The van der Waals surface area contributed by atoms with Crippen molar-refractivity contribution in [3.05, 3.63) is 46.5 Å². The molecule has 0 spiro atoms. The van der Waals surface area contributed by atoms with Crippen LogP contribution >= 0.6 is 0 Å². The monoisotopic (exact) mass is 459 g/mol. The van der Waals surface area contributed by atoms with E-state index in [2.05, 4.69) is 48.3 Å². The van der Waals surface area contributed by atoms with Gasteiger partial charge in [-0.15, -0.1) is 5.92 Å². The van der Waals surface area contributed by atoms with Gasteiger partial charge in [0.05, 0.1) is 5.60 Å². The van der Waals surface area contributed by atoms with Crippen molar-refractivity contribution in [2.75, 3.05) is 13.1 Å². The lowest BCUT2D eigenvalue weighted by molar-refractivity contribution is -0.0609. The van der Waals surface area contributed by atoms with Crippen LogP contribution in [0.3, 0.4) is 0 Å². The largest absolute Gasteiger partial charge is 0.386 e. The van der Waals surface area contributed by atoms with Gasteiger partial charge < -0.3 is 15.5 Å². The van der Waals surface area contributed by atoms with Crippen LogP contribution in [0, 0.1) is 29.1 Å². The van der Waals surface area contributed by atoms with Crippen LogP contribution in [0.25, 0.3) is 0 Å². The molecule has 0 aromatic heterocycles. The van der Waals surface area contributed by atoms with Crippen molar-refractivity contribution in [3.8, 4) is 11.8 Å². The van der Waals surface area contributed by atoms with E-state index in [-0.39, 0.29) is 11.3 Å². The van der Waals surface area contributed by atoms with Crippen LogP contribution < -0.4 is 5.32 Å². The third kappa shape index (κ3) is 3.22. The van der Waals surface area contributed by atoms with Crippen LogP contribution in [0.5, 0.6) is 0 Å². The van der Waals surface area contributed by atoms with E-state index in [1.807, 2.05) is 6.92 Å². The van der Waals surface area contributed by atoms with Gasteiger partial charge in [-0.05, 0) is 112 Å². The Morgan fingerprint density at radius 3 is 2.59 bits per heavy atom. The molecule has 4 fully saturated rings. The molecule has 1 aromatic rings. The molecule has 1 saturated heterocycles. The van der Waals surface area contributed by atoms with Gasteiger partial charge in [-0.1, -0.05) is 42.7 Å². The summed E-state index contributed by atoms with van der Waals surface area (Å²) in [5.41, 5.74) is 4.17. The Kier molecular flexibility index (Phi) is 5.52. The Morgan fingerprint density at radius 2 is 1.82 bits per heavy atom. The van der Waals surface area contributed by atoms with Crippen LogP contribution in [0.1, 0.15) is 101 Å². The van der Waals surface area contributed by atoms with E-state index in [1.54, 1.807) is 5.57 Å². The first-order chi connectivity index (χ1) is 16.4. The molecule has 182 valence electrons. The van der Waals surface area contributed by atoms with E-state index in [0.717, 1.165) is 64.5 Å². The quantitative estimate of drug-likeness (QED) is 0.408. The summed E-state index contributed by atoms with van der Waals surface area (Å²) in [5, 5.41) is 27.3. The zero-order valence-electron chi connectivity index (χ0n) is 21.0. The first-order valence-corrected chi connectivity index (χ1v) is 13.8. The summed E-state index contributed by atoms with van der Waals surface area (Å²) < 4.78 is 0. The summed E-state index contributed by atoms with van der Waals surface area (Å²) in [6.45, 7) is 6.35. The fourth-order valence-electron chi connectivity index (χ4n) is 9.04. The highest BCUT2D eigenvalue weighted by Gasteiger charge is 2.63. The first-order valence-electron chi connectivity index (χ1n) is 13.8. The average molecular weight is 460 g/mol. The second kappa shape index (κ2) is 8.22. The molecule has 0 radical (unpaired) electrons. The number of rotatable bonds is 2. The molecular weight excluding hydrogens is 418 g/mol. The molecule has 7 atom stereocenters. The number of aliphatic hydroxyl groups is 2. The lowest BCUT2D eigenvalue weighted by Gasteiger charge is -2.56. The molecule has 1 aromatic carbocycles. The fraction of sp³-hybridized carbons (Fsp3) is 0.677. The number of fused-ring (bicyclic) bond motifs is 4. The van der Waals surface area contributed by atoms with Crippen molar-refractivity contribution in [1.29, 1.82) is 0 Å². The highest BCUT2D eigenvalue weighted by molar-refractivity contribution is 5.47. The van der Waals surface area contributed by atoms with Gasteiger partial charge >= 0.3 is 0 Å². The third-order valence-corrected chi connectivity index (χ3v) is 10.7. The van der Waals surface area contributed by atoms with E-state index < -0.39 is 11.2 Å². The molecular formula is C31H41NO2. The smallest absolute Gasteiger partial charge is 0.131 e. The summed E-state index contributed by atoms with van der Waals surface area (Å²) in [7, 11) is 0. The van der Waals surface area contributed by atoms with E-state index in [1.165, 1.54) is 29.5 Å². The Morgan fingerprint density at radius 1 is 1.00 bits per heavy atom. The van der Waals surface area contributed by atoms with E-state index in [0.29, 0.717) is 17.8 Å². The molecule has 0 bridgehead atoms. The number of hydrogen-bond donors (Lipinski definition) is 3. The normalized spacial score (nSPS) is 43.5. The summed E-state index contributed by atoms with van der Waals surface area (Å²) in [6, 6.07) is 9.12. The van der Waals surface area contributed by atoms with Gasteiger partial charge in [0.1, 0.15) is 5.60 Å². The molecule has 6 rings (SSSR count). The Hall–Kier alpha value is -1.60. The van der Waals surface area contributed by atoms with Gasteiger partial charge in [-0.25, -0.2) is 0 Å². The van der Waals surface area contributed by atoms with Gasteiger partial charge in [-0.3, -0.25) is 0 Å². The second-order valence-electron chi connectivity index (χ2n) is 12.2. The van der Waals surface area contributed by atoms with Gasteiger partial charge in [-0.2, -0.15) is 0 Å². The fourth-order valence-corrected chi connectivity index (χ4v) is 9.04. The molecule has 0 amide bonds. The topological polar surface area (TPSA) is 52.5 Å². The average Bonchev–Trinajstić information content (AvgIpc) is 3.45. The van der Waals surface area contributed by atoms with Gasteiger partial charge in [0, 0.05) is 17.9 Å². The second-order valence-corrected chi connectivity index (χ2v) is 12.2. The molecule has 3 nitrogen and oxygen atoms in total. The van der Waals surface area contributed by atoms with Crippen molar-refractivity contribution >= 4 is 0 Å². The van der Waals surface area contributed by atoms with Crippen molar-refractivity contribution in [3.63, 3.8) is 0 Å². The molecule has 34 heavy (non-hydrogen) atoms. The summed E-state index contributed by atoms with van der Waals surface area (Å²) in [6.07, 6.45) is 10.2. The van der Waals surface area contributed by atoms with Crippen LogP contribution in [-0.4, -0.2) is 34.5 Å². The van der Waals surface area contributed by atoms with E-state index in [9.17, 15) is 10.2 Å². The maximum atomic E-state index is 11.9. The van der Waals surface area contributed by atoms with Gasteiger partial charge in [0.2, 0.25) is 0 Å². The zero-order valence-corrected chi connectivity index (χ0v) is 21.0. The summed E-state index contributed by atoms with van der Waals surface area (Å²) in [4.78, 5) is 0. The van der Waals surface area contributed by atoms with Crippen LogP contribution in [0.15, 0.2) is 35.4 Å². The van der Waals surface area contributed by atoms with Crippen molar-refractivity contribution in [2.24, 2.45) is 17.3 Å². The third-order valence-electron chi connectivity index (χ3n) is 10.7. The zero-order chi connectivity index (χ0) is 23.6. The highest BCUT2D eigenvalue weighted by atomic mass is 16.3. The molecule has 1 heterocycles. The lowest BCUT2D eigenvalue weighted by atomic mass is 9.49. The van der Waals surface area contributed by atoms with E-state index in [4.69, 9.17) is 0 Å². The maximum Gasteiger partial charge on any atom is 0.131 e. The number of allylic oxidation sites excluding steroid dienone is 1. The molecule has 4 aliphatic carbocycles. The molecule has 3 N–H and O–H groups in total. The Balaban J connectivity index is 1.55. The van der Waals surface area contributed by atoms with Gasteiger partial charge in [0.15, 0.2) is 0 Å². The molecule has 1 aliphatic heterocycles. The predicted molar refractivity (Wildman–Crippen MR) is 136 cm³/mol. The molecule has 5 aliphatic rings. The summed E-state index contributed by atoms with van der Waals surface area (Å²) >= 11 is 0. The van der Waals surface area contributed by atoms with Crippen LogP contribution in [0.4, 0.5) is 0 Å².